The molecule has 3 aromatic rings. The van der Waals surface area contributed by atoms with Crippen LogP contribution in [0.15, 0.2) is 39.9 Å². The molecule has 0 fully saturated rings. The van der Waals surface area contributed by atoms with Gasteiger partial charge in [0.1, 0.15) is 18.2 Å². The van der Waals surface area contributed by atoms with Crippen molar-refractivity contribution in [1.82, 2.24) is 14.5 Å². The fraction of sp³-hybridized carbons (Fsp3) is 0.316. The second-order valence-corrected chi connectivity index (χ2v) is 7.42. The molecule has 0 amide bonds. The SMILES string of the molecule is CCc1nc(C(F)(F)F)cc(=O)n1CCOc1ccc(Cc2sc(=O)[nH]c2O)cc1. The molecule has 0 unspecified atom stereocenters. The summed E-state index contributed by atoms with van der Waals surface area (Å²) in [6, 6.07) is 7.40. The predicted octanol–water partition coefficient (Wildman–Crippen LogP) is 2.95. The number of rotatable bonds is 7. The highest BCUT2D eigenvalue weighted by Gasteiger charge is 2.33. The highest BCUT2D eigenvalue weighted by atomic mass is 32.1. The summed E-state index contributed by atoms with van der Waals surface area (Å²) in [6.07, 6.45) is -4.12. The van der Waals surface area contributed by atoms with Gasteiger partial charge < -0.3 is 9.84 Å². The Hall–Kier alpha value is -3.08. The first kappa shape index (κ1) is 21.6. The first-order valence-corrected chi connectivity index (χ1v) is 9.79. The topological polar surface area (TPSA) is 97.2 Å². The van der Waals surface area contributed by atoms with Crippen LogP contribution in [0.2, 0.25) is 0 Å². The van der Waals surface area contributed by atoms with Crippen molar-refractivity contribution in [3.8, 4) is 11.6 Å². The van der Waals surface area contributed by atoms with Gasteiger partial charge >= 0.3 is 11.0 Å². The summed E-state index contributed by atoms with van der Waals surface area (Å²) in [6.45, 7) is 1.75. The van der Waals surface area contributed by atoms with Crippen LogP contribution in [0, 0.1) is 0 Å². The summed E-state index contributed by atoms with van der Waals surface area (Å²) in [4.78, 5) is 29.4. The van der Waals surface area contributed by atoms with Crippen LogP contribution in [0.4, 0.5) is 13.2 Å². The van der Waals surface area contributed by atoms with Crippen molar-refractivity contribution in [2.24, 2.45) is 0 Å². The van der Waals surface area contributed by atoms with Crippen molar-refractivity contribution in [2.75, 3.05) is 6.61 Å². The number of H-pyrrole nitrogens is 1. The molecule has 0 aliphatic rings. The average molecular weight is 441 g/mol. The van der Waals surface area contributed by atoms with E-state index in [0.29, 0.717) is 23.1 Å². The van der Waals surface area contributed by atoms with Crippen LogP contribution < -0.4 is 15.2 Å². The molecule has 11 heteroatoms. The molecule has 0 bridgehead atoms. The number of ether oxygens (including phenoxy) is 1. The fourth-order valence-corrected chi connectivity index (χ4v) is 3.58. The van der Waals surface area contributed by atoms with Crippen LogP contribution in [0.1, 0.15) is 28.9 Å². The molecule has 0 atom stereocenters. The molecule has 0 aliphatic heterocycles. The Balaban J connectivity index is 1.63. The number of aromatic amines is 1. The molecule has 1 aromatic carbocycles. The molecule has 0 aliphatic carbocycles. The summed E-state index contributed by atoms with van der Waals surface area (Å²) < 4.78 is 45.2. The third kappa shape index (κ3) is 5.09. The molecule has 2 heterocycles. The van der Waals surface area contributed by atoms with Crippen LogP contribution >= 0.6 is 11.3 Å². The number of hydrogen-bond acceptors (Lipinski definition) is 6. The number of nitrogens with one attached hydrogen (secondary N) is 1. The lowest BCUT2D eigenvalue weighted by Crippen LogP contribution is -2.29. The lowest BCUT2D eigenvalue weighted by molar-refractivity contribution is -0.141. The minimum atomic E-state index is -4.67. The monoisotopic (exact) mass is 441 g/mol. The van der Waals surface area contributed by atoms with E-state index in [2.05, 4.69) is 9.97 Å². The molecule has 0 saturated carbocycles. The summed E-state index contributed by atoms with van der Waals surface area (Å²) in [7, 11) is 0. The van der Waals surface area contributed by atoms with Gasteiger partial charge in [-0.2, -0.15) is 13.2 Å². The molecule has 3 rings (SSSR count). The van der Waals surface area contributed by atoms with Crippen molar-refractivity contribution < 1.29 is 23.0 Å². The Morgan fingerprint density at radius 1 is 1.23 bits per heavy atom. The average Bonchev–Trinajstić information content (AvgIpc) is 3.00. The van der Waals surface area contributed by atoms with Gasteiger partial charge in [-0.05, 0) is 17.7 Å². The van der Waals surface area contributed by atoms with Gasteiger partial charge in [0, 0.05) is 18.9 Å². The van der Waals surface area contributed by atoms with Crippen molar-refractivity contribution in [3.05, 3.63) is 72.3 Å². The lowest BCUT2D eigenvalue weighted by atomic mass is 10.1. The van der Waals surface area contributed by atoms with Gasteiger partial charge in [-0.1, -0.05) is 30.4 Å². The van der Waals surface area contributed by atoms with E-state index in [0.717, 1.165) is 16.9 Å². The summed E-state index contributed by atoms with van der Waals surface area (Å²) >= 11 is 0.931. The molecule has 0 spiro atoms. The van der Waals surface area contributed by atoms with Crippen LogP contribution in [-0.2, 0) is 25.6 Å². The van der Waals surface area contributed by atoms with E-state index in [-0.39, 0.29) is 36.1 Å². The van der Waals surface area contributed by atoms with E-state index in [1.807, 2.05) is 0 Å². The van der Waals surface area contributed by atoms with E-state index in [1.165, 1.54) is 4.57 Å². The molecule has 160 valence electrons. The van der Waals surface area contributed by atoms with Crippen molar-refractivity contribution >= 4 is 11.3 Å². The maximum atomic E-state index is 12.8. The van der Waals surface area contributed by atoms with Crippen LogP contribution in [-0.4, -0.2) is 26.2 Å². The number of nitrogens with zero attached hydrogens (tertiary/aromatic N) is 2. The highest BCUT2D eigenvalue weighted by molar-refractivity contribution is 7.09. The number of halogens is 3. The van der Waals surface area contributed by atoms with Crippen LogP contribution in [0.5, 0.6) is 11.6 Å². The number of hydrogen-bond donors (Lipinski definition) is 2. The number of thiazole rings is 1. The molecule has 2 N–H and O–H groups in total. The lowest BCUT2D eigenvalue weighted by Gasteiger charge is -2.14. The fourth-order valence-electron chi connectivity index (χ4n) is 2.82. The first-order valence-electron chi connectivity index (χ1n) is 8.98. The van der Waals surface area contributed by atoms with Gasteiger partial charge in [0.15, 0.2) is 5.69 Å². The van der Waals surface area contributed by atoms with E-state index >= 15 is 0 Å². The van der Waals surface area contributed by atoms with Crippen molar-refractivity contribution in [1.29, 1.82) is 0 Å². The van der Waals surface area contributed by atoms with E-state index in [9.17, 15) is 27.9 Å². The van der Waals surface area contributed by atoms with Gasteiger partial charge in [-0.3, -0.25) is 19.1 Å². The van der Waals surface area contributed by atoms with E-state index in [1.54, 1.807) is 31.2 Å². The number of aromatic hydroxyl groups is 1. The van der Waals surface area contributed by atoms with Gasteiger partial charge in [0.2, 0.25) is 5.88 Å². The zero-order valence-electron chi connectivity index (χ0n) is 15.8. The number of aromatic nitrogens is 3. The van der Waals surface area contributed by atoms with Crippen molar-refractivity contribution in [2.45, 2.75) is 32.5 Å². The smallest absolute Gasteiger partial charge is 0.433 e. The third-order valence-electron chi connectivity index (χ3n) is 4.27. The third-order valence-corrected chi connectivity index (χ3v) is 5.14. The maximum Gasteiger partial charge on any atom is 0.433 e. The second-order valence-electron chi connectivity index (χ2n) is 6.35. The standard InChI is InChI=1S/C19H18F3N3O4S/c1-2-15-23-14(19(20,21)22)10-16(26)25(15)7-8-29-12-5-3-11(4-6-12)9-13-17(27)24-18(28)30-13/h3-6,10,27H,2,7-9H2,1H3,(H,24,28). The van der Waals surface area contributed by atoms with Gasteiger partial charge in [-0.15, -0.1) is 0 Å². The molecule has 30 heavy (non-hydrogen) atoms. The Labute approximate surface area is 172 Å². The number of aryl methyl sites for hydroxylation is 1. The number of alkyl halides is 3. The first-order chi connectivity index (χ1) is 14.2. The summed E-state index contributed by atoms with van der Waals surface area (Å²) in [5, 5.41) is 9.63. The van der Waals surface area contributed by atoms with Crippen LogP contribution in [0.3, 0.4) is 0 Å². The summed E-state index contributed by atoms with van der Waals surface area (Å²) in [5.74, 6) is 0.405. The molecule has 0 radical (unpaired) electrons. The van der Waals surface area contributed by atoms with Gasteiger partial charge in [0.05, 0.1) is 11.4 Å². The Morgan fingerprint density at radius 2 is 1.93 bits per heavy atom. The van der Waals surface area contributed by atoms with Gasteiger partial charge in [0.25, 0.3) is 5.56 Å². The van der Waals surface area contributed by atoms with E-state index < -0.39 is 17.4 Å². The Kier molecular flexibility index (Phi) is 6.30. The van der Waals surface area contributed by atoms with Crippen LogP contribution in [0.25, 0.3) is 0 Å². The molecule has 7 nitrogen and oxygen atoms in total. The maximum absolute atomic E-state index is 12.8. The predicted molar refractivity (Wildman–Crippen MR) is 104 cm³/mol. The minimum Gasteiger partial charge on any atom is -0.494 e. The second kappa shape index (κ2) is 8.74. The van der Waals surface area contributed by atoms with Crippen molar-refractivity contribution in [3.63, 3.8) is 0 Å². The highest BCUT2D eigenvalue weighted by Crippen LogP contribution is 2.26. The molecule has 2 aromatic heterocycles. The van der Waals surface area contributed by atoms with E-state index in [4.69, 9.17) is 4.74 Å². The molecular formula is C19H18F3N3O4S. The minimum absolute atomic E-state index is 0.0408. The Bertz CT molecular complexity index is 1130. The normalized spacial score (nSPS) is 11.6. The largest absolute Gasteiger partial charge is 0.494 e. The zero-order valence-corrected chi connectivity index (χ0v) is 16.6. The molecular weight excluding hydrogens is 423 g/mol. The number of benzene rings is 1. The summed E-state index contributed by atoms with van der Waals surface area (Å²) in [5.41, 5.74) is -1.13. The Morgan fingerprint density at radius 3 is 2.50 bits per heavy atom. The quantitative estimate of drug-likeness (QED) is 0.588. The molecule has 0 saturated heterocycles. The zero-order chi connectivity index (χ0) is 21.9. The van der Waals surface area contributed by atoms with Gasteiger partial charge in [-0.25, -0.2) is 4.98 Å².